The van der Waals surface area contributed by atoms with Gasteiger partial charge in [0.15, 0.2) is 5.52 Å². The van der Waals surface area contributed by atoms with Gasteiger partial charge < -0.3 is 5.32 Å². The second-order valence-electron chi connectivity index (χ2n) is 6.51. The summed E-state index contributed by atoms with van der Waals surface area (Å²) in [4.78, 5) is 15.9. The molecule has 1 amide bonds. The summed E-state index contributed by atoms with van der Waals surface area (Å²) in [7, 11) is 0. The highest BCUT2D eigenvalue weighted by atomic mass is 19.3. The Morgan fingerprint density at radius 3 is 2.31 bits per heavy atom. The number of halogens is 3. The number of carbonyl (C=O) groups excluding carboxylic acids is 1. The Hall–Kier alpha value is -3.61. The summed E-state index contributed by atoms with van der Waals surface area (Å²) in [6.45, 7) is 0. The first kappa shape index (κ1) is 18.7. The predicted molar refractivity (Wildman–Crippen MR) is 102 cm³/mol. The van der Waals surface area contributed by atoms with Gasteiger partial charge in [0, 0.05) is 0 Å². The van der Waals surface area contributed by atoms with E-state index in [0.717, 1.165) is 0 Å². The second-order valence-corrected chi connectivity index (χ2v) is 6.51. The zero-order valence-corrected chi connectivity index (χ0v) is 15.1. The Morgan fingerprint density at radius 1 is 0.931 bits per heavy atom. The molecule has 1 unspecified atom stereocenters. The first-order chi connectivity index (χ1) is 14.0. The van der Waals surface area contributed by atoms with Gasteiger partial charge in [-0.25, -0.2) is 18.2 Å². The fourth-order valence-corrected chi connectivity index (χ4v) is 3.24. The lowest BCUT2D eigenvalue weighted by atomic mass is 10.1. The number of rotatable bonds is 5. The number of benzene rings is 2. The minimum Gasteiger partial charge on any atom is -0.336 e. The molecule has 4 nitrogen and oxygen atoms in total. The molecule has 146 valence electrons. The number of nitrogens with zero attached hydrogens (tertiary/aromatic N) is 1. The van der Waals surface area contributed by atoms with Crippen LogP contribution in [0.5, 0.6) is 0 Å². The van der Waals surface area contributed by atoms with Crippen LogP contribution in [0.15, 0.2) is 79.0 Å². The average Bonchev–Trinajstić information content (AvgIpc) is 3.13. The van der Waals surface area contributed by atoms with Crippen molar-refractivity contribution in [2.75, 3.05) is 0 Å². The van der Waals surface area contributed by atoms with E-state index in [1.54, 1.807) is 71.3 Å². The molecule has 0 fully saturated rings. The Bertz CT molecular complexity index is 1140. The van der Waals surface area contributed by atoms with Crippen LogP contribution in [0, 0.1) is 5.82 Å². The zero-order chi connectivity index (χ0) is 20.4. The maximum Gasteiger partial charge on any atom is 0.296 e. The molecule has 4 aromatic rings. The van der Waals surface area contributed by atoms with Crippen molar-refractivity contribution in [3.8, 4) is 11.4 Å². The standard InChI is InChI=1S/C22H16F3N3O/c23-16-11-9-15(10-12-16)21-26-19(17-8-4-5-13-28(17)21)22(29)27-18(20(24)25)14-6-2-1-3-7-14/h1-13,18,20H,(H,27,29)/p+1. The molecule has 0 saturated heterocycles. The summed E-state index contributed by atoms with van der Waals surface area (Å²) in [6.07, 6.45) is -1.03. The van der Waals surface area contributed by atoms with Crippen molar-refractivity contribution >= 4 is 11.4 Å². The van der Waals surface area contributed by atoms with Crippen LogP contribution < -0.4 is 9.72 Å². The smallest absolute Gasteiger partial charge is 0.296 e. The van der Waals surface area contributed by atoms with Crippen LogP contribution in [0.25, 0.3) is 16.9 Å². The maximum absolute atomic E-state index is 13.6. The average molecular weight is 396 g/mol. The first-order valence-electron chi connectivity index (χ1n) is 8.97. The molecule has 0 aliphatic rings. The molecule has 4 rings (SSSR count). The van der Waals surface area contributed by atoms with E-state index in [9.17, 15) is 18.0 Å². The molecular formula is C22H17F3N3O+. The van der Waals surface area contributed by atoms with E-state index in [2.05, 4.69) is 10.3 Å². The number of H-pyrrole nitrogens is 1. The fourth-order valence-electron chi connectivity index (χ4n) is 3.24. The lowest BCUT2D eigenvalue weighted by Crippen LogP contribution is -2.33. The number of fused-ring (bicyclic) bond motifs is 1. The van der Waals surface area contributed by atoms with Crippen molar-refractivity contribution in [1.82, 2.24) is 10.3 Å². The van der Waals surface area contributed by atoms with Gasteiger partial charge in [-0.05, 0) is 42.0 Å². The van der Waals surface area contributed by atoms with Crippen LogP contribution in [0.4, 0.5) is 13.2 Å². The third-order valence-corrected chi connectivity index (χ3v) is 4.64. The minimum absolute atomic E-state index is 0.145. The molecule has 0 aliphatic carbocycles. The molecule has 0 aliphatic heterocycles. The number of alkyl halides is 2. The number of carbonyl (C=O) groups is 1. The number of pyridine rings is 1. The molecule has 2 aromatic heterocycles. The fraction of sp³-hybridized carbons (Fsp3) is 0.0909. The summed E-state index contributed by atoms with van der Waals surface area (Å²) in [5.74, 6) is -0.495. The largest absolute Gasteiger partial charge is 0.336 e. The van der Waals surface area contributed by atoms with Gasteiger partial charge in [0.25, 0.3) is 18.2 Å². The highest BCUT2D eigenvalue weighted by molar-refractivity contribution is 5.98. The third kappa shape index (κ3) is 3.71. The van der Waals surface area contributed by atoms with Gasteiger partial charge in [0.05, 0.1) is 11.8 Å². The molecule has 0 radical (unpaired) electrons. The number of nitrogens with one attached hydrogen (secondary N) is 2. The first-order valence-corrected chi connectivity index (χ1v) is 8.97. The Balaban J connectivity index is 1.74. The number of aromatic amines is 1. The number of aromatic nitrogens is 2. The van der Waals surface area contributed by atoms with Crippen molar-refractivity contribution in [3.63, 3.8) is 0 Å². The van der Waals surface area contributed by atoms with E-state index in [1.165, 1.54) is 12.1 Å². The van der Waals surface area contributed by atoms with Gasteiger partial charge in [0.1, 0.15) is 11.9 Å². The number of imidazole rings is 1. The zero-order valence-electron chi connectivity index (χ0n) is 15.1. The van der Waals surface area contributed by atoms with Gasteiger partial charge in [0.2, 0.25) is 5.69 Å². The van der Waals surface area contributed by atoms with Crippen LogP contribution in [-0.2, 0) is 0 Å². The van der Waals surface area contributed by atoms with E-state index in [4.69, 9.17) is 0 Å². The lowest BCUT2D eigenvalue weighted by molar-refractivity contribution is -0.498. The van der Waals surface area contributed by atoms with Crippen LogP contribution in [0.2, 0.25) is 0 Å². The van der Waals surface area contributed by atoms with Gasteiger partial charge in [-0.1, -0.05) is 36.4 Å². The van der Waals surface area contributed by atoms with Crippen LogP contribution in [0.1, 0.15) is 22.1 Å². The van der Waals surface area contributed by atoms with Crippen LogP contribution >= 0.6 is 0 Å². The summed E-state index contributed by atoms with van der Waals surface area (Å²) in [5, 5.41) is 2.42. The van der Waals surface area contributed by atoms with E-state index >= 15 is 0 Å². The van der Waals surface area contributed by atoms with E-state index < -0.39 is 18.4 Å². The number of hydrogen-bond donors (Lipinski definition) is 2. The van der Waals surface area contributed by atoms with Crippen molar-refractivity contribution in [2.45, 2.75) is 12.5 Å². The van der Waals surface area contributed by atoms with Gasteiger partial charge in [-0.15, -0.1) is 0 Å². The molecule has 29 heavy (non-hydrogen) atoms. The SMILES string of the molecule is O=C(NC(c1ccccc1)C(F)F)c1[nH]c(-c2ccc(F)cc2)[n+]2ccccc12. The van der Waals surface area contributed by atoms with Crippen molar-refractivity contribution < 1.29 is 22.4 Å². The van der Waals surface area contributed by atoms with Gasteiger partial charge in [-0.2, -0.15) is 4.40 Å². The molecule has 0 spiro atoms. The molecule has 1 atom stereocenters. The monoisotopic (exact) mass is 396 g/mol. The van der Waals surface area contributed by atoms with Crippen molar-refractivity contribution in [3.05, 3.63) is 96.1 Å². The molecule has 2 aromatic carbocycles. The molecular weight excluding hydrogens is 379 g/mol. The highest BCUT2D eigenvalue weighted by Gasteiger charge is 2.30. The van der Waals surface area contributed by atoms with E-state index in [0.29, 0.717) is 22.5 Å². The molecule has 2 heterocycles. The minimum atomic E-state index is -2.77. The van der Waals surface area contributed by atoms with Crippen molar-refractivity contribution in [2.24, 2.45) is 0 Å². The maximum atomic E-state index is 13.6. The van der Waals surface area contributed by atoms with E-state index in [1.807, 2.05) is 0 Å². The predicted octanol–water partition coefficient (Wildman–Crippen LogP) is 4.30. The van der Waals surface area contributed by atoms with E-state index in [-0.39, 0.29) is 11.5 Å². The summed E-state index contributed by atoms with van der Waals surface area (Å²) < 4.78 is 42.2. The lowest BCUT2D eigenvalue weighted by Gasteiger charge is -2.17. The Morgan fingerprint density at radius 2 is 1.62 bits per heavy atom. The molecule has 0 bridgehead atoms. The van der Waals surface area contributed by atoms with Crippen molar-refractivity contribution in [1.29, 1.82) is 0 Å². The second kappa shape index (κ2) is 7.79. The molecule has 0 saturated carbocycles. The molecule has 2 N–H and O–H groups in total. The number of amides is 1. The molecule has 7 heteroatoms. The Labute approximate surface area is 164 Å². The normalized spacial score (nSPS) is 12.3. The summed E-state index contributed by atoms with van der Waals surface area (Å²) in [6, 6.07) is 17.7. The summed E-state index contributed by atoms with van der Waals surface area (Å²) in [5.41, 5.74) is 1.63. The third-order valence-electron chi connectivity index (χ3n) is 4.64. The Kier molecular flexibility index (Phi) is 5.03. The quantitative estimate of drug-likeness (QED) is 0.486. The number of hydrogen-bond acceptors (Lipinski definition) is 1. The van der Waals surface area contributed by atoms with Gasteiger partial charge in [-0.3, -0.25) is 4.79 Å². The van der Waals surface area contributed by atoms with Gasteiger partial charge >= 0.3 is 0 Å². The summed E-state index contributed by atoms with van der Waals surface area (Å²) >= 11 is 0. The topological polar surface area (TPSA) is 49.0 Å². The van der Waals surface area contributed by atoms with Crippen LogP contribution in [0.3, 0.4) is 0 Å². The highest BCUT2D eigenvalue weighted by Crippen LogP contribution is 2.22. The van der Waals surface area contributed by atoms with Crippen LogP contribution in [-0.4, -0.2) is 17.3 Å².